The fraction of sp³-hybridized carbons (Fsp3) is 0.389. The molecule has 0 aromatic carbocycles. The molecule has 1 saturated heterocycles. The van der Waals surface area contributed by atoms with Crippen molar-refractivity contribution >= 4 is 17.5 Å². The summed E-state index contributed by atoms with van der Waals surface area (Å²) in [7, 11) is 0. The number of nitrogens with two attached hydrogens (primary N) is 1. The summed E-state index contributed by atoms with van der Waals surface area (Å²) >= 11 is 5.92. The lowest BCUT2D eigenvalue weighted by Crippen LogP contribution is -2.56. The minimum atomic E-state index is -1.01. The van der Waals surface area contributed by atoms with E-state index in [9.17, 15) is 9.59 Å². The number of aromatic nitrogens is 2. The molecule has 2 atom stereocenters. The Bertz CT molecular complexity index is 800. The average molecular weight is 361 g/mol. The Labute approximate surface area is 151 Å². The van der Waals surface area contributed by atoms with Crippen LogP contribution in [0.3, 0.4) is 0 Å². The fourth-order valence-electron chi connectivity index (χ4n) is 3.44. The molecule has 7 heteroatoms. The van der Waals surface area contributed by atoms with Crippen molar-refractivity contribution in [3.05, 3.63) is 63.3 Å². The van der Waals surface area contributed by atoms with Crippen LogP contribution in [0.5, 0.6) is 0 Å². The van der Waals surface area contributed by atoms with Gasteiger partial charge in [-0.25, -0.2) is 0 Å². The van der Waals surface area contributed by atoms with Crippen molar-refractivity contribution in [3.8, 4) is 0 Å². The number of carbonyl (C=O) groups is 1. The van der Waals surface area contributed by atoms with Crippen LogP contribution < -0.4 is 11.3 Å². The summed E-state index contributed by atoms with van der Waals surface area (Å²) in [5, 5.41) is 0.514. The number of likely N-dealkylation sites (tertiary alicyclic amines) is 1. The Hall–Kier alpha value is -2.18. The molecular formula is C18H21ClN4O2. The maximum atomic E-state index is 12.4. The third kappa shape index (κ3) is 3.45. The van der Waals surface area contributed by atoms with Crippen LogP contribution in [0.1, 0.15) is 36.9 Å². The topological polar surface area (TPSA) is 92.1 Å². The van der Waals surface area contributed by atoms with E-state index in [0.29, 0.717) is 17.3 Å². The minimum Gasteiger partial charge on any atom is -0.368 e. The third-order valence-electron chi connectivity index (χ3n) is 5.04. The van der Waals surface area contributed by atoms with E-state index in [1.807, 2.05) is 6.07 Å². The normalized spacial score (nSPS) is 20.8. The number of carbonyl (C=O) groups excluding carboxylic acids is 1. The van der Waals surface area contributed by atoms with Crippen molar-refractivity contribution in [1.29, 1.82) is 0 Å². The second kappa shape index (κ2) is 6.98. The highest BCUT2D eigenvalue weighted by Crippen LogP contribution is 2.35. The zero-order valence-electron chi connectivity index (χ0n) is 14.0. The van der Waals surface area contributed by atoms with Crippen LogP contribution in [-0.4, -0.2) is 33.9 Å². The Morgan fingerprint density at radius 2 is 2.20 bits per heavy atom. The van der Waals surface area contributed by atoms with Gasteiger partial charge in [0.05, 0.1) is 10.7 Å². The van der Waals surface area contributed by atoms with Gasteiger partial charge >= 0.3 is 0 Å². The molecule has 0 radical (unpaired) electrons. The number of aromatic amines is 1. The van der Waals surface area contributed by atoms with E-state index in [-0.39, 0.29) is 11.5 Å². The number of H-pyrrole nitrogens is 1. The van der Waals surface area contributed by atoms with Crippen LogP contribution in [0.15, 0.2) is 41.5 Å². The Balaban J connectivity index is 1.91. The van der Waals surface area contributed by atoms with Gasteiger partial charge in [-0.15, -0.1) is 0 Å². The van der Waals surface area contributed by atoms with Crippen LogP contribution >= 0.6 is 11.6 Å². The van der Waals surface area contributed by atoms with E-state index in [1.54, 1.807) is 25.3 Å². The number of nitrogens with zero attached hydrogens (tertiary/aromatic N) is 2. The SMILES string of the molecule is CC(C(N)=O)(c1ccc(Cl)cn1)N1CCC[C@@H](c2ccc(=O)[nH]c2)C1. The molecule has 0 aliphatic carbocycles. The summed E-state index contributed by atoms with van der Waals surface area (Å²) in [6.07, 6.45) is 5.20. The molecule has 6 nitrogen and oxygen atoms in total. The van der Waals surface area contributed by atoms with Gasteiger partial charge in [0, 0.05) is 25.0 Å². The molecule has 1 fully saturated rings. The Morgan fingerprint density at radius 1 is 1.40 bits per heavy atom. The van der Waals surface area contributed by atoms with Crippen LogP contribution in [-0.2, 0) is 10.3 Å². The van der Waals surface area contributed by atoms with Gasteiger partial charge < -0.3 is 10.7 Å². The summed E-state index contributed by atoms with van der Waals surface area (Å²) < 4.78 is 0. The molecule has 3 rings (SSSR count). The van der Waals surface area contributed by atoms with Gasteiger partial charge in [0.1, 0.15) is 5.54 Å². The van der Waals surface area contributed by atoms with Gasteiger partial charge in [-0.2, -0.15) is 0 Å². The molecule has 0 spiro atoms. The first-order chi connectivity index (χ1) is 11.9. The van der Waals surface area contributed by atoms with Crippen LogP contribution in [0.25, 0.3) is 0 Å². The van der Waals surface area contributed by atoms with E-state index in [1.165, 1.54) is 12.3 Å². The molecule has 0 bridgehead atoms. The average Bonchev–Trinajstić information content (AvgIpc) is 2.62. The Morgan fingerprint density at radius 3 is 2.80 bits per heavy atom. The van der Waals surface area contributed by atoms with E-state index in [4.69, 9.17) is 17.3 Å². The zero-order chi connectivity index (χ0) is 18.0. The van der Waals surface area contributed by atoms with Crippen molar-refractivity contribution in [2.75, 3.05) is 13.1 Å². The van der Waals surface area contributed by atoms with Crippen molar-refractivity contribution < 1.29 is 4.79 Å². The third-order valence-corrected chi connectivity index (χ3v) is 5.26. The smallest absolute Gasteiger partial charge is 0.247 e. The first kappa shape index (κ1) is 17.6. The van der Waals surface area contributed by atoms with Gasteiger partial charge in [0.2, 0.25) is 11.5 Å². The number of hydrogen-bond donors (Lipinski definition) is 2. The van der Waals surface area contributed by atoms with Gasteiger partial charge in [-0.1, -0.05) is 17.7 Å². The van der Waals surface area contributed by atoms with Crippen molar-refractivity contribution in [2.45, 2.75) is 31.2 Å². The summed E-state index contributed by atoms with van der Waals surface area (Å²) in [4.78, 5) is 32.8. The molecule has 132 valence electrons. The minimum absolute atomic E-state index is 0.122. The highest BCUT2D eigenvalue weighted by Gasteiger charge is 2.43. The molecule has 2 aromatic rings. The molecule has 2 aromatic heterocycles. The Kier molecular flexibility index (Phi) is 4.92. The molecule has 25 heavy (non-hydrogen) atoms. The van der Waals surface area contributed by atoms with Crippen LogP contribution in [0, 0.1) is 0 Å². The summed E-state index contributed by atoms with van der Waals surface area (Å²) in [6.45, 7) is 3.22. The second-order valence-corrected chi connectivity index (χ2v) is 7.01. The molecule has 3 heterocycles. The number of halogens is 1. The predicted octanol–water partition coefficient (Wildman–Crippen LogP) is 2.00. The van der Waals surface area contributed by atoms with Crippen LogP contribution in [0.2, 0.25) is 5.02 Å². The van der Waals surface area contributed by atoms with E-state index >= 15 is 0 Å². The maximum absolute atomic E-state index is 12.4. The van der Waals surface area contributed by atoms with Crippen molar-refractivity contribution in [3.63, 3.8) is 0 Å². The molecule has 0 saturated carbocycles. The summed E-state index contributed by atoms with van der Waals surface area (Å²) in [5.41, 5.74) is 6.29. The largest absolute Gasteiger partial charge is 0.368 e. The lowest BCUT2D eigenvalue weighted by molar-refractivity contribution is -0.131. The maximum Gasteiger partial charge on any atom is 0.247 e. The number of nitrogens with one attached hydrogen (secondary N) is 1. The standard InChI is InChI=1S/C18H21ClN4O2/c1-18(17(20)25,15-6-5-14(19)10-21-15)23-8-2-3-13(11-23)12-4-7-16(24)22-9-12/h4-7,9-10,13H,2-3,8,11H2,1H3,(H2,20,25)(H,22,24)/t13-,18?/m1/s1. The molecule has 3 N–H and O–H groups in total. The first-order valence-corrected chi connectivity index (χ1v) is 8.64. The zero-order valence-corrected chi connectivity index (χ0v) is 14.8. The van der Waals surface area contributed by atoms with E-state index in [0.717, 1.165) is 24.9 Å². The highest BCUT2D eigenvalue weighted by molar-refractivity contribution is 6.30. The lowest BCUT2D eigenvalue weighted by atomic mass is 9.86. The van der Waals surface area contributed by atoms with E-state index in [2.05, 4.69) is 14.9 Å². The van der Waals surface area contributed by atoms with Crippen molar-refractivity contribution in [2.24, 2.45) is 5.73 Å². The van der Waals surface area contributed by atoms with Gasteiger partial charge in [-0.3, -0.25) is 19.5 Å². The summed E-state index contributed by atoms with van der Waals surface area (Å²) in [5.74, 6) is -0.221. The van der Waals surface area contributed by atoms with Gasteiger partial charge in [0.25, 0.3) is 0 Å². The molecule has 1 aliphatic rings. The molecular weight excluding hydrogens is 340 g/mol. The molecule has 1 aliphatic heterocycles. The lowest BCUT2D eigenvalue weighted by Gasteiger charge is -2.43. The number of hydrogen-bond acceptors (Lipinski definition) is 4. The van der Waals surface area contributed by atoms with Crippen molar-refractivity contribution in [1.82, 2.24) is 14.9 Å². The molecule has 1 unspecified atom stereocenters. The first-order valence-electron chi connectivity index (χ1n) is 8.27. The van der Waals surface area contributed by atoms with Gasteiger partial charge in [-0.05, 0) is 49.9 Å². The number of pyridine rings is 2. The number of primary amides is 1. The number of piperidine rings is 1. The quantitative estimate of drug-likeness (QED) is 0.872. The highest BCUT2D eigenvalue weighted by atomic mass is 35.5. The van der Waals surface area contributed by atoms with Crippen LogP contribution in [0.4, 0.5) is 0 Å². The number of amides is 1. The van der Waals surface area contributed by atoms with E-state index < -0.39 is 11.4 Å². The second-order valence-electron chi connectivity index (χ2n) is 6.57. The summed E-state index contributed by atoms with van der Waals surface area (Å²) in [6, 6.07) is 6.84. The fourth-order valence-corrected chi connectivity index (χ4v) is 3.55. The number of rotatable bonds is 4. The monoisotopic (exact) mass is 360 g/mol. The molecule has 1 amide bonds. The predicted molar refractivity (Wildman–Crippen MR) is 96.4 cm³/mol. The van der Waals surface area contributed by atoms with Gasteiger partial charge in [0.15, 0.2) is 0 Å².